The number of alkyl halides is 2. The van der Waals surface area contributed by atoms with Crippen LogP contribution in [0.1, 0.15) is 11.1 Å². The van der Waals surface area contributed by atoms with Crippen LogP contribution >= 0.6 is 0 Å². The largest absolute Gasteiger partial charge is 0.435 e. The molecule has 1 aromatic carbocycles. The lowest BCUT2D eigenvalue weighted by atomic mass is 10.0. The van der Waals surface area contributed by atoms with Crippen LogP contribution in [0.2, 0.25) is 0 Å². The van der Waals surface area contributed by atoms with Crippen LogP contribution < -0.4 is 10.1 Å². The normalized spacial score (nSPS) is 15.4. The third-order valence-electron chi connectivity index (χ3n) is 2.22. The number of fused-ring (bicyclic) bond motifs is 1. The minimum atomic E-state index is -2.75. The molecule has 0 fully saturated rings. The van der Waals surface area contributed by atoms with Crippen molar-refractivity contribution in [2.24, 2.45) is 0 Å². The molecule has 0 aliphatic carbocycles. The summed E-state index contributed by atoms with van der Waals surface area (Å²) in [5, 5.41) is 4.22. The number of nitrogens with zero attached hydrogens (tertiary/aromatic N) is 1. The average Bonchev–Trinajstić information content (AvgIpc) is 2.17. The van der Waals surface area contributed by atoms with Gasteiger partial charge in [0.2, 0.25) is 0 Å². The molecule has 0 N–H and O–H groups in total. The van der Waals surface area contributed by atoms with Gasteiger partial charge in [0.05, 0.1) is 0 Å². The van der Waals surface area contributed by atoms with Gasteiger partial charge in [0.25, 0.3) is 0 Å². The van der Waals surface area contributed by atoms with Crippen molar-refractivity contribution in [2.45, 2.75) is 19.6 Å². The van der Waals surface area contributed by atoms with Crippen molar-refractivity contribution < 1.29 is 13.5 Å². The molecule has 2 nitrogen and oxygen atoms in total. The third-order valence-corrected chi connectivity index (χ3v) is 2.22. The second-order valence-corrected chi connectivity index (χ2v) is 3.16. The molecule has 1 aliphatic rings. The highest BCUT2D eigenvalue weighted by Gasteiger charge is 2.11. The lowest BCUT2D eigenvalue weighted by Crippen LogP contribution is -2.17. The molecule has 0 spiro atoms. The molecular formula is C10H10F2NO. The monoisotopic (exact) mass is 198 g/mol. The van der Waals surface area contributed by atoms with Gasteiger partial charge in [-0.3, -0.25) is 0 Å². The Morgan fingerprint density at radius 3 is 2.93 bits per heavy atom. The lowest BCUT2D eigenvalue weighted by molar-refractivity contribution is -0.0499. The average molecular weight is 198 g/mol. The summed E-state index contributed by atoms with van der Waals surface area (Å²) >= 11 is 0. The van der Waals surface area contributed by atoms with Crippen molar-refractivity contribution in [3.8, 4) is 5.75 Å². The topological polar surface area (TPSA) is 23.3 Å². The highest BCUT2D eigenvalue weighted by Crippen LogP contribution is 2.22. The molecular weight excluding hydrogens is 188 g/mol. The Kier molecular flexibility index (Phi) is 2.63. The van der Waals surface area contributed by atoms with Crippen molar-refractivity contribution in [3.05, 3.63) is 29.3 Å². The van der Waals surface area contributed by atoms with E-state index in [9.17, 15) is 8.78 Å². The Labute approximate surface area is 80.9 Å². The van der Waals surface area contributed by atoms with Gasteiger partial charge in [0.1, 0.15) is 5.75 Å². The zero-order valence-corrected chi connectivity index (χ0v) is 7.54. The van der Waals surface area contributed by atoms with Crippen molar-refractivity contribution in [1.29, 1.82) is 0 Å². The van der Waals surface area contributed by atoms with Crippen LogP contribution in [0.5, 0.6) is 5.75 Å². The summed E-state index contributed by atoms with van der Waals surface area (Å²) in [7, 11) is 0. The number of ether oxygens (including phenoxy) is 1. The molecule has 4 heteroatoms. The van der Waals surface area contributed by atoms with Gasteiger partial charge in [-0.1, -0.05) is 6.07 Å². The van der Waals surface area contributed by atoms with E-state index in [0.717, 1.165) is 24.1 Å². The molecule has 0 saturated heterocycles. The molecule has 0 bridgehead atoms. The first-order chi connectivity index (χ1) is 6.75. The Bertz CT molecular complexity index is 328. The number of hydrogen-bond acceptors (Lipinski definition) is 1. The van der Waals surface area contributed by atoms with Crippen LogP contribution in [-0.2, 0) is 13.0 Å². The van der Waals surface area contributed by atoms with Crippen LogP contribution in [0.25, 0.3) is 0 Å². The van der Waals surface area contributed by atoms with Crippen molar-refractivity contribution in [2.75, 3.05) is 6.54 Å². The molecule has 0 aromatic heterocycles. The summed E-state index contributed by atoms with van der Waals surface area (Å²) in [5.74, 6) is 0.237. The van der Waals surface area contributed by atoms with Gasteiger partial charge in [0.15, 0.2) is 0 Å². The standard InChI is InChI=1S/C10H10F2NO/c11-10(12)14-9-2-1-8-6-13-4-3-7(8)5-9/h1-2,5,10H,3-4,6H2. The fourth-order valence-electron chi connectivity index (χ4n) is 1.56. The van der Waals surface area contributed by atoms with Crippen LogP contribution in [0.15, 0.2) is 18.2 Å². The minimum Gasteiger partial charge on any atom is -0.435 e. The van der Waals surface area contributed by atoms with E-state index >= 15 is 0 Å². The molecule has 1 aliphatic heterocycles. The summed E-state index contributed by atoms with van der Waals surface area (Å²) in [6.07, 6.45) is 0.815. The van der Waals surface area contributed by atoms with Gasteiger partial charge in [0, 0.05) is 13.1 Å². The van der Waals surface area contributed by atoms with Crippen molar-refractivity contribution in [1.82, 2.24) is 5.32 Å². The maximum atomic E-state index is 11.9. The first-order valence-corrected chi connectivity index (χ1v) is 4.45. The van der Waals surface area contributed by atoms with E-state index in [0.29, 0.717) is 6.54 Å². The van der Waals surface area contributed by atoms with Gasteiger partial charge >= 0.3 is 6.61 Å². The molecule has 75 valence electrons. The highest BCUT2D eigenvalue weighted by molar-refractivity contribution is 5.37. The molecule has 0 saturated carbocycles. The fraction of sp³-hybridized carbons (Fsp3) is 0.400. The van der Waals surface area contributed by atoms with Crippen molar-refractivity contribution in [3.63, 3.8) is 0 Å². The predicted molar refractivity (Wildman–Crippen MR) is 47.5 cm³/mol. The van der Waals surface area contributed by atoms with Crippen LogP contribution in [0, 0.1) is 0 Å². The SMILES string of the molecule is FC(F)Oc1ccc2c(c1)CC[N]C2. The Hall–Kier alpha value is -1.16. The lowest BCUT2D eigenvalue weighted by Gasteiger charge is -2.16. The minimum absolute atomic E-state index is 0.237. The number of halogens is 2. The third kappa shape index (κ3) is 2.01. The first kappa shape index (κ1) is 9.40. The van der Waals surface area contributed by atoms with Gasteiger partial charge in [-0.25, -0.2) is 5.32 Å². The number of hydrogen-bond donors (Lipinski definition) is 0. The predicted octanol–water partition coefficient (Wildman–Crippen LogP) is 1.95. The Morgan fingerprint density at radius 1 is 1.29 bits per heavy atom. The van der Waals surface area contributed by atoms with E-state index in [-0.39, 0.29) is 5.75 Å². The smallest absolute Gasteiger partial charge is 0.387 e. The van der Waals surface area contributed by atoms with Crippen LogP contribution in [0.4, 0.5) is 8.78 Å². The van der Waals surface area contributed by atoms with E-state index in [1.54, 1.807) is 18.2 Å². The maximum Gasteiger partial charge on any atom is 0.387 e. The van der Waals surface area contributed by atoms with E-state index in [1.165, 1.54) is 0 Å². The van der Waals surface area contributed by atoms with Gasteiger partial charge in [-0.15, -0.1) is 0 Å². The fourth-order valence-corrected chi connectivity index (χ4v) is 1.56. The molecule has 1 radical (unpaired) electrons. The second kappa shape index (κ2) is 3.92. The molecule has 2 rings (SSSR count). The second-order valence-electron chi connectivity index (χ2n) is 3.16. The van der Waals surface area contributed by atoms with E-state index in [4.69, 9.17) is 0 Å². The van der Waals surface area contributed by atoms with E-state index in [2.05, 4.69) is 10.1 Å². The number of benzene rings is 1. The van der Waals surface area contributed by atoms with E-state index in [1.807, 2.05) is 0 Å². The number of rotatable bonds is 2. The molecule has 1 aromatic rings. The first-order valence-electron chi connectivity index (χ1n) is 4.45. The van der Waals surface area contributed by atoms with Crippen LogP contribution in [0.3, 0.4) is 0 Å². The highest BCUT2D eigenvalue weighted by atomic mass is 19.3. The van der Waals surface area contributed by atoms with Crippen LogP contribution in [-0.4, -0.2) is 13.2 Å². The van der Waals surface area contributed by atoms with Gasteiger partial charge in [-0.05, 0) is 29.7 Å². The summed E-state index contributed by atoms with van der Waals surface area (Å²) in [6.45, 7) is -1.29. The van der Waals surface area contributed by atoms with E-state index < -0.39 is 6.61 Å². The molecule has 0 atom stereocenters. The summed E-state index contributed by atoms with van der Waals surface area (Å²) < 4.78 is 28.1. The Morgan fingerprint density at radius 2 is 2.14 bits per heavy atom. The Balaban J connectivity index is 2.20. The summed E-state index contributed by atoms with van der Waals surface area (Å²) in [6, 6.07) is 5.04. The van der Waals surface area contributed by atoms with Gasteiger partial charge in [-0.2, -0.15) is 8.78 Å². The molecule has 0 unspecified atom stereocenters. The summed E-state index contributed by atoms with van der Waals surface area (Å²) in [4.78, 5) is 0. The molecule has 14 heavy (non-hydrogen) atoms. The molecule has 0 amide bonds. The molecule has 1 heterocycles. The summed E-state index contributed by atoms with van der Waals surface area (Å²) in [5.41, 5.74) is 2.18. The van der Waals surface area contributed by atoms with Crippen molar-refractivity contribution >= 4 is 0 Å². The quantitative estimate of drug-likeness (QED) is 0.712. The van der Waals surface area contributed by atoms with Gasteiger partial charge < -0.3 is 4.74 Å². The maximum absolute atomic E-state index is 11.9. The zero-order valence-electron chi connectivity index (χ0n) is 7.54. The zero-order chi connectivity index (χ0) is 9.97.